The number of nitrogens with zero attached hydrogens (tertiary/aromatic N) is 1. The molecule has 0 saturated heterocycles. The van der Waals surface area contributed by atoms with E-state index in [0.717, 1.165) is 27.8 Å². The van der Waals surface area contributed by atoms with Gasteiger partial charge in [0.25, 0.3) is 0 Å². The normalized spacial score (nSPS) is 20.0. The lowest BCUT2D eigenvalue weighted by molar-refractivity contribution is -0.116. The first-order chi connectivity index (χ1) is 16.1. The quantitative estimate of drug-likeness (QED) is 0.381. The summed E-state index contributed by atoms with van der Waals surface area (Å²) < 4.78 is 0.939. The summed E-state index contributed by atoms with van der Waals surface area (Å²) >= 11 is 3.48. The molecule has 0 saturated carbocycles. The maximum Gasteiger partial charge on any atom is 0.161 e. The molecule has 5 rings (SSSR count). The van der Waals surface area contributed by atoms with Crippen molar-refractivity contribution >= 4 is 39.0 Å². The molecule has 0 spiro atoms. The first kappa shape index (κ1) is 21.4. The van der Waals surface area contributed by atoms with Crippen LogP contribution < -0.4 is 4.90 Å². The van der Waals surface area contributed by atoms with Crippen LogP contribution in [0.15, 0.2) is 106 Å². The van der Waals surface area contributed by atoms with E-state index in [2.05, 4.69) is 15.9 Å². The number of allylic oxidation sites excluding steroid dienone is 2. The van der Waals surface area contributed by atoms with Crippen LogP contribution >= 0.6 is 15.9 Å². The second-order valence-corrected chi connectivity index (χ2v) is 9.19. The van der Waals surface area contributed by atoms with E-state index in [-0.39, 0.29) is 17.4 Å². The number of hydrogen-bond acceptors (Lipinski definition) is 3. The standard InChI is InChI=1S/C28H23BrN2O2/c29-20-14-16-21(17-15-20)31-22-12-7-13-23(32)25(22)24(18-8-3-1-4-9-18)26(28(31)30)27(33)19-10-5-2-6-11-19/h1-6,8-11,14-17,24,30,33H,7,12-13H2/t24-/m1/s1. The number of rotatable bonds is 3. The summed E-state index contributed by atoms with van der Waals surface area (Å²) in [5.41, 5.74) is 4.32. The molecule has 0 bridgehead atoms. The van der Waals surface area contributed by atoms with Gasteiger partial charge in [0.05, 0.1) is 0 Å². The molecular weight excluding hydrogens is 476 g/mol. The Morgan fingerprint density at radius 3 is 2.21 bits per heavy atom. The van der Waals surface area contributed by atoms with E-state index in [4.69, 9.17) is 0 Å². The maximum atomic E-state index is 13.4. The molecule has 3 aromatic carbocycles. The fourth-order valence-corrected chi connectivity index (χ4v) is 5.06. The average molecular weight is 499 g/mol. The number of hydrogen-bond donors (Lipinski definition) is 2. The van der Waals surface area contributed by atoms with Gasteiger partial charge < -0.3 is 5.11 Å². The first-order valence-electron chi connectivity index (χ1n) is 11.0. The van der Waals surface area contributed by atoms with Crippen molar-refractivity contribution in [3.8, 4) is 0 Å². The van der Waals surface area contributed by atoms with Crippen molar-refractivity contribution in [2.75, 3.05) is 4.90 Å². The lowest BCUT2D eigenvalue weighted by Gasteiger charge is -2.41. The van der Waals surface area contributed by atoms with Crippen LogP contribution in [0.25, 0.3) is 5.76 Å². The summed E-state index contributed by atoms with van der Waals surface area (Å²) in [7, 11) is 0. The third kappa shape index (κ3) is 3.83. The van der Waals surface area contributed by atoms with Gasteiger partial charge in [-0.25, -0.2) is 0 Å². The number of anilines is 1. The highest BCUT2D eigenvalue weighted by molar-refractivity contribution is 9.10. The third-order valence-corrected chi connectivity index (χ3v) is 6.80. The van der Waals surface area contributed by atoms with Crippen LogP contribution in [0.4, 0.5) is 5.69 Å². The number of benzene rings is 3. The Bertz CT molecular complexity index is 1280. The van der Waals surface area contributed by atoms with Gasteiger partial charge in [-0.05, 0) is 42.7 Å². The van der Waals surface area contributed by atoms with Crippen molar-refractivity contribution in [1.82, 2.24) is 0 Å². The number of halogens is 1. The highest BCUT2D eigenvalue weighted by Crippen LogP contribution is 2.47. The Labute approximate surface area is 201 Å². The van der Waals surface area contributed by atoms with Crippen molar-refractivity contribution in [2.45, 2.75) is 25.2 Å². The van der Waals surface area contributed by atoms with E-state index in [9.17, 15) is 15.3 Å². The zero-order valence-electron chi connectivity index (χ0n) is 18.0. The van der Waals surface area contributed by atoms with Gasteiger partial charge in [0.2, 0.25) is 0 Å². The molecule has 0 aromatic heterocycles. The van der Waals surface area contributed by atoms with E-state index in [1.54, 1.807) is 0 Å². The van der Waals surface area contributed by atoms with Crippen molar-refractivity contribution in [3.05, 3.63) is 117 Å². The summed E-state index contributed by atoms with van der Waals surface area (Å²) in [6, 6.07) is 26.7. The first-order valence-corrected chi connectivity index (χ1v) is 11.8. The summed E-state index contributed by atoms with van der Waals surface area (Å²) in [5, 5.41) is 20.8. The number of nitrogens with one attached hydrogen (secondary N) is 1. The Hall–Kier alpha value is -3.44. The van der Waals surface area contributed by atoms with Crippen LogP contribution in [0.2, 0.25) is 0 Å². The van der Waals surface area contributed by atoms with Crippen LogP contribution in [0.3, 0.4) is 0 Å². The molecule has 0 radical (unpaired) electrons. The third-order valence-electron chi connectivity index (χ3n) is 6.27. The fraction of sp³-hybridized carbons (Fsp3) is 0.143. The molecule has 1 atom stereocenters. The molecule has 2 aliphatic rings. The molecule has 4 nitrogen and oxygen atoms in total. The van der Waals surface area contributed by atoms with Crippen LogP contribution in [0.5, 0.6) is 0 Å². The number of carbonyl (C=O) groups excluding carboxylic acids is 1. The number of carbonyl (C=O) groups is 1. The largest absolute Gasteiger partial charge is 0.507 e. The zero-order valence-corrected chi connectivity index (χ0v) is 19.5. The highest BCUT2D eigenvalue weighted by Gasteiger charge is 2.43. The minimum atomic E-state index is -0.492. The van der Waals surface area contributed by atoms with Gasteiger partial charge in [-0.3, -0.25) is 15.1 Å². The number of ketones is 1. The maximum absolute atomic E-state index is 13.4. The topological polar surface area (TPSA) is 64.4 Å². The van der Waals surface area contributed by atoms with Crippen LogP contribution in [-0.4, -0.2) is 16.7 Å². The van der Waals surface area contributed by atoms with Crippen LogP contribution in [0.1, 0.15) is 36.3 Å². The molecule has 1 heterocycles. The van der Waals surface area contributed by atoms with E-state index in [0.29, 0.717) is 29.6 Å². The smallest absolute Gasteiger partial charge is 0.161 e. The predicted octanol–water partition coefficient (Wildman–Crippen LogP) is 7.01. The molecule has 0 fully saturated rings. The summed E-state index contributed by atoms with van der Waals surface area (Å²) in [5.74, 6) is -0.186. The minimum Gasteiger partial charge on any atom is -0.507 e. The molecule has 3 aromatic rings. The summed E-state index contributed by atoms with van der Waals surface area (Å²) in [6.45, 7) is 0. The molecular formula is C28H23BrN2O2. The number of aliphatic hydroxyl groups excluding tert-OH is 1. The zero-order chi connectivity index (χ0) is 22.9. The number of Topliss-reactive ketones (excluding diaryl/α,β-unsaturated/α-hetero) is 1. The van der Waals surface area contributed by atoms with Crippen molar-refractivity contribution < 1.29 is 9.90 Å². The van der Waals surface area contributed by atoms with Gasteiger partial charge in [0.1, 0.15) is 11.6 Å². The van der Waals surface area contributed by atoms with Crippen molar-refractivity contribution in [2.24, 2.45) is 0 Å². The SMILES string of the molecule is N=C1C(=C(O)c2ccccc2)[C@H](c2ccccc2)C2=C(CCCC2=O)N1c1ccc(Br)cc1. The molecule has 1 aliphatic carbocycles. The summed E-state index contributed by atoms with van der Waals surface area (Å²) in [4.78, 5) is 15.2. The Morgan fingerprint density at radius 1 is 0.909 bits per heavy atom. The molecule has 164 valence electrons. The van der Waals surface area contributed by atoms with Crippen LogP contribution in [0, 0.1) is 5.41 Å². The molecule has 1 aliphatic heterocycles. The van der Waals surface area contributed by atoms with Gasteiger partial charge >= 0.3 is 0 Å². The number of aliphatic hydroxyl groups is 1. The van der Waals surface area contributed by atoms with Gasteiger partial charge in [-0.2, -0.15) is 0 Å². The van der Waals surface area contributed by atoms with Gasteiger partial charge in [-0.15, -0.1) is 0 Å². The lowest BCUT2D eigenvalue weighted by atomic mass is 9.73. The molecule has 33 heavy (non-hydrogen) atoms. The second-order valence-electron chi connectivity index (χ2n) is 8.27. The van der Waals surface area contributed by atoms with E-state index in [1.165, 1.54) is 0 Å². The Morgan fingerprint density at radius 2 is 1.55 bits per heavy atom. The van der Waals surface area contributed by atoms with Crippen molar-refractivity contribution in [3.63, 3.8) is 0 Å². The molecule has 5 heteroatoms. The van der Waals surface area contributed by atoms with Gasteiger partial charge in [-0.1, -0.05) is 76.6 Å². The number of amidine groups is 1. The Kier molecular flexibility index (Phi) is 5.73. The monoisotopic (exact) mass is 498 g/mol. The van der Waals surface area contributed by atoms with Gasteiger partial charge in [0.15, 0.2) is 5.78 Å². The Balaban J connectivity index is 1.82. The van der Waals surface area contributed by atoms with E-state index >= 15 is 0 Å². The van der Waals surface area contributed by atoms with E-state index in [1.807, 2.05) is 89.8 Å². The average Bonchev–Trinajstić information content (AvgIpc) is 2.85. The molecule has 2 N–H and O–H groups in total. The van der Waals surface area contributed by atoms with Gasteiger partial charge in [0, 0.05) is 44.9 Å². The summed E-state index contributed by atoms with van der Waals surface area (Å²) in [6.07, 6.45) is 1.94. The molecule has 0 amide bonds. The lowest BCUT2D eigenvalue weighted by Crippen LogP contribution is -2.42. The predicted molar refractivity (Wildman–Crippen MR) is 135 cm³/mol. The minimum absolute atomic E-state index is 0.0292. The highest BCUT2D eigenvalue weighted by atomic mass is 79.9. The van der Waals surface area contributed by atoms with Crippen LogP contribution in [-0.2, 0) is 4.79 Å². The fourth-order valence-electron chi connectivity index (χ4n) is 4.80. The molecule has 0 unspecified atom stereocenters. The van der Waals surface area contributed by atoms with E-state index < -0.39 is 5.92 Å². The second kappa shape index (κ2) is 8.83. The van der Waals surface area contributed by atoms with Crippen molar-refractivity contribution in [1.29, 1.82) is 5.41 Å².